The zero-order chi connectivity index (χ0) is 15.5. The molecular weight excluding hydrogens is 270 g/mol. The Morgan fingerprint density at radius 3 is 2.33 bits per heavy atom. The van der Waals surface area contributed by atoms with E-state index in [1.807, 2.05) is 32.9 Å². The van der Waals surface area contributed by atoms with Gasteiger partial charge in [-0.25, -0.2) is 0 Å². The Kier molecular flexibility index (Phi) is 4.73. The average Bonchev–Trinajstić information content (AvgIpc) is 2.46. The van der Waals surface area contributed by atoms with E-state index in [4.69, 9.17) is 9.47 Å². The minimum atomic E-state index is -0.352. The van der Waals surface area contributed by atoms with Crippen molar-refractivity contribution in [3.05, 3.63) is 24.3 Å². The third kappa shape index (κ3) is 3.67. The van der Waals surface area contributed by atoms with Crippen LogP contribution in [-0.4, -0.2) is 36.4 Å². The number of carbonyl (C=O) groups excluding carboxylic acids is 1. The first-order valence-electron chi connectivity index (χ1n) is 7.26. The van der Waals surface area contributed by atoms with Gasteiger partial charge in [-0.1, -0.05) is 13.8 Å². The normalized spacial score (nSPS) is 23.0. The molecule has 0 spiro atoms. The number of rotatable bonds is 6. The lowest BCUT2D eigenvalue weighted by atomic mass is 9.64. The van der Waals surface area contributed by atoms with Crippen LogP contribution in [0.2, 0.25) is 0 Å². The molecule has 0 saturated heterocycles. The Bertz CT molecular complexity index is 484. The van der Waals surface area contributed by atoms with Crippen molar-refractivity contribution >= 4 is 5.91 Å². The molecule has 1 aliphatic carbocycles. The molecule has 0 aliphatic heterocycles. The summed E-state index contributed by atoms with van der Waals surface area (Å²) in [7, 11) is 0. The number of hydrogen-bond donors (Lipinski definition) is 2. The highest BCUT2D eigenvalue weighted by atomic mass is 16.5. The third-order valence-electron chi connectivity index (χ3n) is 4.06. The summed E-state index contributed by atoms with van der Waals surface area (Å²) in [6.45, 7) is 6.40. The van der Waals surface area contributed by atoms with Crippen LogP contribution in [0.5, 0.6) is 11.5 Å². The minimum absolute atomic E-state index is 0.00364. The van der Waals surface area contributed by atoms with Gasteiger partial charge in [0, 0.05) is 11.5 Å². The summed E-state index contributed by atoms with van der Waals surface area (Å²) in [6.07, 6.45) is 0.247. The van der Waals surface area contributed by atoms with Crippen LogP contribution >= 0.6 is 0 Å². The van der Waals surface area contributed by atoms with E-state index in [9.17, 15) is 9.90 Å². The summed E-state index contributed by atoms with van der Waals surface area (Å²) < 4.78 is 10.8. The van der Waals surface area contributed by atoms with Crippen molar-refractivity contribution in [2.45, 2.75) is 39.3 Å². The largest absolute Gasteiger partial charge is 0.494 e. The second kappa shape index (κ2) is 6.35. The van der Waals surface area contributed by atoms with Gasteiger partial charge in [0.25, 0.3) is 5.91 Å². The molecule has 5 heteroatoms. The molecule has 1 aliphatic rings. The summed E-state index contributed by atoms with van der Waals surface area (Å²) in [5.74, 6) is 1.23. The molecule has 1 aromatic carbocycles. The van der Waals surface area contributed by atoms with Crippen LogP contribution in [0.1, 0.15) is 27.2 Å². The fourth-order valence-electron chi connectivity index (χ4n) is 2.33. The Balaban J connectivity index is 1.76. The zero-order valence-electron chi connectivity index (χ0n) is 12.8. The molecule has 116 valence electrons. The average molecular weight is 293 g/mol. The Morgan fingerprint density at radius 1 is 1.29 bits per heavy atom. The van der Waals surface area contributed by atoms with Gasteiger partial charge in [0.05, 0.1) is 12.7 Å². The second-order valence-corrected chi connectivity index (χ2v) is 5.89. The van der Waals surface area contributed by atoms with E-state index in [1.54, 1.807) is 12.1 Å². The van der Waals surface area contributed by atoms with Gasteiger partial charge in [0.15, 0.2) is 6.61 Å². The minimum Gasteiger partial charge on any atom is -0.494 e. The highest BCUT2D eigenvalue weighted by molar-refractivity contribution is 5.78. The van der Waals surface area contributed by atoms with Gasteiger partial charge in [-0.15, -0.1) is 0 Å². The Hall–Kier alpha value is -1.75. The molecule has 0 radical (unpaired) electrons. The van der Waals surface area contributed by atoms with Crippen LogP contribution < -0.4 is 14.8 Å². The van der Waals surface area contributed by atoms with Crippen molar-refractivity contribution in [3.8, 4) is 11.5 Å². The zero-order valence-corrected chi connectivity index (χ0v) is 12.8. The molecule has 0 aromatic heterocycles. The van der Waals surface area contributed by atoms with Gasteiger partial charge in [0.1, 0.15) is 11.5 Å². The lowest BCUT2D eigenvalue weighted by molar-refractivity contribution is -0.131. The molecule has 2 unspecified atom stereocenters. The third-order valence-corrected chi connectivity index (χ3v) is 4.06. The highest BCUT2D eigenvalue weighted by Crippen LogP contribution is 2.40. The number of amides is 1. The van der Waals surface area contributed by atoms with Crippen molar-refractivity contribution in [3.63, 3.8) is 0 Å². The van der Waals surface area contributed by atoms with E-state index in [0.29, 0.717) is 18.8 Å². The van der Waals surface area contributed by atoms with E-state index in [2.05, 4.69) is 5.32 Å². The Morgan fingerprint density at radius 2 is 1.86 bits per heavy atom. The summed E-state index contributed by atoms with van der Waals surface area (Å²) in [5, 5.41) is 12.5. The maximum atomic E-state index is 11.8. The van der Waals surface area contributed by atoms with Crippen molar-refractivity contribution in [2.24, 2.45) is 5.41 Å². The van der Waals surface area contributed by atoms with E-state index < -0.39 is 0 Å². The first-order chi connectivity index (χ1) is 9.93. The number of nitrogens with one attached hydrogen (secondary N) is 1. The van der Waals surface area contributed by atoms with Gasteiger partial charge < -0.3 is 19.9 Å². The summed E-state index contributed by atoms with van der Waals surface area (Å²) in [4.78, 5) is 11.8. The van der Waals surface area contributed by atoms with Gasteiger partial charge in [-0.3, -0.25) is 4.79 Å². The molecule has 0 heterocycles. The van der Waals surface area contributed by atoms with E-state index in [0.717, 1.165) is 5.75 Å². The van der Waals surface area contributed by atoms with Gasteiger partial charge in [-0.05, 0) is 37.6 Å². The van der Waals surface area contributed by atoms with Crippen LogP contribution in [0.25, 0.3) is 0 Å². The predicted molar refractivity (Wildman–Crippen MR) is 79.4 cm³/mol. The van der Waals surface area contributed by atoms with E-state index in [-0.39, 0.29) is 30.1 Å². The van der Waals surface area contributed by atoms with Gasteiger partial charge >= 0.3 is 0 Å². The van der Waals surface area contributed by atoms with Crippen molar-refractivity contribution in [2.75, 3.05) is 13.2 Å². The van der Waals surface area contributed by atoms with Crippen LogP contribution in [0.3, 0.4) is 0 Å². The lowest BCUT2D eigenvalue weighted by Crippen LogP contribution is -2.61. The number of carbonyl (C=O) groups is 1. The molecule has 0 bridgehead atoms. The van der Waals surface area contributed by atoms with E-state index >= 15 is 0 Å². The quantitative estimate of drug-likeness (QED) is 0.838. The molecule has 2 atom stereocenters. The highest BCUT2D eigenvalue weighted by Gasteiger charge is 2.47. The van der Waals surface area contributed by atoms with Gasteiger partial charge in [0.2, 0.25) is 0 Å². The summed E-state index contributed by atoms with van der Waals surface area (Å²) in [6, 6.07) is 7.17. The summed E-state index contributed by atoms with van der Waals surface area (Å²) in [5.41, 5.74) is -0.269. The topological polar surface area (TPSA) is 67.8 Å². The Labute approximate surface area is 125 Å². The number of aliphatic hydroxyl groups is 1. The van der Waals surface area contributed by atoms with Crippen molar-refractivity contribution in [1.82, 2.24) is 5.32 Å². The van der Waals surface area contributed by atoms with Gasteiger partial charge in [-0.2, -0.15) is 0 Å². The second-order valence-electron chi connectivity index (χ2n) is 5.89. The monoisotopic (exact) mass is 293 g/mol. The van der Waals surface area contributed by atoms with Crippen LogP contribution in [0.4, 0.5) is 0 Å². The summed E-state index contributed by atoms with van der Waals surface area (Å²) >= 11 is 0. The number of aliphatic hydroxyl groups excluding tert-OH is 1. The molecule has 2 rings (SSSR count). The first kappa shape index (κ1) is 15.6. The lowest BCUT2D eigenvalue weighted by Gasteiger charge is -2.49. The fraction of sp³-hybridized carbons (Fsp3) is 0.562. The molecule has 1 aromatic rings. The van der Waals surface area contributed by atoms with Crippen LogP contribution in [-0.2, 0) is 4.79 Å². The maximum absolute atomic E-state index is 11.8. The molecular formula is C16H23NO4. The number of ether oxygens (including phenoxy) is 2. The molecule has 5 nitrogen and oxygen atoms in total. The smallest absolute Gasteiger partial charge is 0.258 e. The molecule has 21 heavy (non-hydrogen) atoms. The van der Waals surface area contributed by atoms with E-state index in [1.165, 1.54) is 0 Å². The SMILES string of the molecule is CCOc1ccc(OCC(=O)NC2CC(O)C2(C)C)cc1. The molecule has 1 fully saturated rings. The predicted octanol–water partition coefficient (Wildman–Crippen LogP) is 1.74. The standard InChI is InChI=1S/C16H23NO4/c1-4-20-11-5-7-12(8-6-11)21-10-15(19)17-13-9-14(18)16(13,2)3/h5-8,13-14,18H,4,9-10H2,1-3H3,(H,17,19). The first-order valence-corrected chi connectivity index (χ1v) is 7.26. The number of hydrogen-bond acceptors (Lipinski definition) is 4. The molecule has 2 N–H and O–H groups in total. The number of benzene rings is 1. The van der Waals surface area contributed by atoms with Crippen molar-refractivity contribution in [1.29, 1.82) is 0 Å². The molecule has 1 amide bonds. The van der Waals surface area contributed by atoms with Crippen LogP contribution in [0.15, 0.2) is 24.3 Å². The van der Waals surface area contributed by atoms with Crippen LogP contribution in [0, 0.1) is 5.41 Å². The maximum Gasteiger partial charge on any atom is 0.258 e. The molecule has 1 saturated carbocycles. The van der Waals surface area contributed by atoms with Crippen molar-refractivity contribution < 1.29 is 19.4 Å². The fourth-order valence-corrected chi connectivity index (χ4v) is 2.33.